The molecule has 10 nitrogen and oxygen atoms in total. The number of anilines is 1. The molecule has 4 rings (SSSR count). The van der Waals surface area contributed by atoms with Gasteiger partial charge in [-0.05, 0) is 55.0 Å². The number of likely N-dealkylation sites (N-methyl/N-ethyl adjacent to an activating group) is 1. The maximum absolute atomic E-state index is 12.9. The van der Waals surface area contributed by atoms with Crippen molar-refractivity contribution in [2.45, 2.75) is 13.5 Å². The second-order valence-corrected chi connectivity index (χ2v) is 10.7. The molecular formula is C31H30Cl3N5O5. The van der Waals surface area contributed by atoms with Crippen LogP contribution in [0.3, 0.4) is 0 Å². The molecule has 0 radical (unpaired) electrons. The summed E-state index contributed by atoms with van der Waals surface area (Å²) in [5, 5.41) is 6.39. The molecule has 2 aromatic heterocycles. The predicted molar refractivity (Wildman–Crippen MR) is 172 cm³/mol. The van der Waals surface area contributed by atoms with Gasteiger partial charge in [-0.1, -0.05) is 46.9 Å². The van der Waals surface area contributed by atoms with Crippen LogP contribution < -0.4 is 20.3 Å². The molecule has 230 valence electrons. The van der Waals surface area contributed by atoms with Crippen molar-refractivity contribution in [3.05, 3.63) is 98.4 Å². The second-order valence-electron chi connectivity index (χ2n) is 9.58. The Morgan fingerprint density at radius 1 is 1.05 bits per heavy atom. The van der Waals surface area contributed by atoms with E-state index in [1.807, 2.05) is 0 Å². The fraction of sp³-hybridized carbons (Fsp3) is 0.226. The van der Waals surface area contributed by atoms with Gasteiger partial charge in [0, 0.05) is 49.1 Å². The number of aromatic nitrogens is 2. The summed E-state index contributed by atoms with van der Waals surface area (Å²) in [5.41, 5.74) is 3.29. The highest BCUT2D eigenvalue weighted by molar-refractivity contribution is 6.38. The number of imidazole rings is 1. The lowest BCUT2D eigenvalue weighted by atomic mass is 10.1. The molecule has 0 saturated heterocycles. The van der Waals surface area contributed by atoms with Crippen LogP contribution in [-0.2, 0) is 20.9 Å². The largest absolute Gasteiger partial charge is 0.485 e. The lowest BCUT2D eigenvalue weighted by molar-refractivity contribution is -0.122. The molecule has 2 N–H and O–H groups in total. The summed E-state index contributed by atoms with van der Waals surface area (Å²) in [5.74, 6) is -0.600. The highest BCUT2D eigenvalue weighted by atomic mass is 35.5. The first-order valence-electron chi connectivity index (χ1n) is 13.4. The van der Waals surface area contributed by atoms with Gasteiger partial charge in [0.15, 0.2) is 11.4 Å². The van der Waals surface area contributed by atoms with E-state index in [2.05, 4.69) is 15.6 Å². The molecule has 0 saturated carbocycles. The minimum absolute atomic E-state index is 0.0116. The zero-order valence-electron chi connectivity index (χ0n) is 24.2. The third-order valence-electron chi connectivity index (χ3n) is 6.59. The molecule has 0 aliphatic rings. The molecule has 0 aliphatic carbocycles. The number of nitrogens with one attached hydrogen (secondary N) is 2. The van der Waals surface area contributed by atoms with Gasteiger partial charge in [0.2, 0.25) is 11.8 Å². The number of amides is 3. The predicted octanol–water partition coefficient (Wildman–Crippen LogP) is 5.35. The van der Waals surface area contributed by atoms with Gasteiger partial charge in [-0.25, -0.2) is 4.98 Å². The summed E-state index contributed by atoms with van der Waals surface area (Å²) >= 11 is 19.4. The molecule has 0 bridgehead atoms. The molecule has 2 aromatic carbocycles. The minimum Gasteiger partial charge on any atom is -0.485 e. The van der Waals surface area contributed by atoms with E-state index < -0.39 is 11.8 Å². The Kier molecular flexibility index (Phi) is 11.2. The van der Waals surface area contributed by atoms with E-state index in [-0.39, 0.29) is 24.1 Å². The van der Waals surface area contributed by atoms with Gasteiger partial charge in [-0.2, -0.15) is 0 Å². The van der Waals surface area contributed by atoms with E-state index in [9.17, 15) is 14.4 Å². The summed E-state index contributed by atoms with van der Waals surface area (Å²) in [4.78, 5) is 43.2. The Morgan fingerprint density at radius 2 is 1.80 bits per heavy atom. The average molecular weight is 659 g/mol. The van der Waals surface area contributed by atoms with Crippen molar-refractivity contribution in [2.24, 2.45) is 0 Å². The first-order valence-corrected chi connectivity index (χ1v) is 14.6. The second kappa shape index (κ2) is 15.1. The maximum Gasteiger partial charge on any atom is 0.251 e. The van der Waals surface area contributed by atoms with Crippen LogP contribution in [0, 0.1) is 6.92 Å². The molecule has 44 heavy (non-hydrogen) atoms. The number of hydrogen-bond donors (Lipinski definition) is 2. The summed E-state index contributed by atoms with van der Waals surface area (Å²) < 4.78 is 12.6. The molecular weight excluding hydrogens is 629 g/mol. The summed E-state index contributed by atoms with van der Waals surface area (Å²) in [6.45, 7) is 2.37. The molecule has 0 aliphatic heterocycles. The topological polar surface area (TPSA) is 114 Å². The number of pyridine rings is 1. The van der Waals surface area contributed by atoms with Crippen molar-refractivity contribution in [1.82, 2.24) is 20.0 Å². The van der Waals surface area contributed by atoms with Crippen molar-refractivity contribution < 1.29 is 23.9 Å². The molecule has 0 fully saturated rings. The summed E-state index contributed by atoms with van der Waals surface area (Å²) in [6, 6.07) is 13.5. The number of halogens is 3. The quantitative estimate of drug-likeness (QED) is 0.157. The monoisotopic (exact) mass is 657 g/mol. The Balaban J connectivity index is 1.34. The van der Waals surface area contributed by atoms with Crippen LogP contribution in [-0.4, -0.2) is 61.0 Å². The third-order valence-corrected chi connectivity index (χ3v) is 7.83. The van der Waals surface area contributed by atoms with Gasteiger partial charge in [0.1, 0.15) is 11.8 Å². The Hall–Kier alpha value is -4.09. The first-order chi connectivity index (χ1) is 21.1. The molecule has 0 unspecified atom stereocenters. The number of nitrogens with zero attached hydrogens (tertiary/aromatic N) is 3. The number of fused-ring (bicyclic) bond motifs is 1. The lowest BCUT2D eigenvalue weighted by Gasteiger charge is -2.21. The van der Waals surface area contributed by atoms with Crippen LogP contribution in [0.5, 0.6) is 5.75 Å². The van der Waals surface area contributed by atoms with Crippen LogP contribution in [0.15, 0.2) is 60.8 Å². The van der Waals surface area contributed by atoms with Crippen molar-refractivity contribution in [1.29, 1.82) is 0 Å². The maximum atomic E-state index is 12.9. The van der Waals surface area contributed by atoms with E-state index in [0.717, 1.165) is 0 Å². The van der Waals surface area contributed by atoms with Crippen LogP contribution in [0.2, 0.25) is 15.2 Å². The number of ether oxygens (including phenoxy) is 2. The van der Waals surface area contributed by atoms with Gasteiger partial charge >= 0.3 is 0 Å². The number of methoxy groups -OCH3 is 1. The van der Waals surface area contributed by atoms with Crippen molar-refractivity contribution >= 4 is 69.9 Å². The van der Waals surface area contributed by atoms with E-state index in [1.54, 1.807) is 86.3 Å². The first kappa shape index (κ1) is 32.8. The number of carbonyl (C=O) groups excluding carboxylic acids is 3. The lowest BCUT2D eigenvalue weighted by Crippen LogP contribution is -2.37. The average Bonchev–Trinajstić information content (AvgIpc) is 3.32. The Labute approximate surface area is 269 Å². The molecule has 2 heterocycles. The van der Waals surface area contributed by atoms with Crippen LogP contribution >= 0.6 is 34.8 Å². The zero-order chi connectivity index (χ0) is 31.8. The normalized spacial score (nSPS) is 11.1. The minimum atomic E-state index is -0.465. The van der Waals surface area contributed by atoms with Gasteiger partial charge in [0.25, 0.3) is 5.91 Å². The van der Waals surface area contributed by atoms with Crippen molar-refractivity contribution in [3.63, 3.8) is 0 Å². The number of rotatable bonds is 12. The van der Waals surface area contributed by atoms with Crippen LogP contribution in [0.4, 0.5) is 5.69 Å². The van der Waals surface area contributed by atoms with E-state index >= 15 is 0 Å². The van der Waals surface area contributed by atoms with E-state index in [4.69, 9.17) is 44.3 Å². The van der Waals surface area contributed by atoms with Gasteiger partial charge < -0.3 is 25.0 Å². The number of carbonyl (C=O) groups is 3. The van der Waals surface area contributed by atoms with Crippen molar-refractivity contribution in [3.8, 4) is 5.75 Å². The Bertz CT molecular complexity index is 1710. The highest BCUT2D eigenvalue weighted by Gasteiger charge is 2.20. The molecule has 4 aromatic rings. The SMILES string of the molecule is COCCNC(=O)c1ccc(C=CC(=O)NCC(=O)N(C)c2ccc(Cl)c(COc3cccn4c(Cl)c(C)nc34)c2Cl)cc1. The van der Waals surface area contributed by atoms with Gasteiger partial charge in [-0.3, -0.25) is 18.8 Å². The number of benzene rings is 2. The summed E-state index contributed by atoms with van der Waals surface area (Å²) in [7, 11) is 3.11. The van der Waals surface area contributed by atoms with E-state index in [0.29, 0.717) is 62.8 Å². The third kappa shape index (κ3) is 7.89. The fourth-order valence-corrected chi connectivity index (χ4v) is 4.91. The zero-order valence-corrected chi connectivity index (χ0v) is 26.5. The molecule has 3 amide bonds. The summed E-state index contributed by atoms with van der Waals surface area (Å²) in [6.07, 6.45) is 4.67. The van der Waals surface area contributed by atoms with Crippen molar-refractivity contribution in [2.75, 3.05) is 38.8 Å². The van der Waals surface area contributed by atoms with E-state index in [1.165, 1.54) is 11.0 Å². The van der Waals surface area contributed by atoms with Crippen LogP contribution in [0.1, 0.15) is 27.2 Å². The van der Waals surface area contributed by atoms with Crippen LogP contribution in [0.25, 0.3) is 11.7 Å². The van der Waals surface area contributed by atoms with Gasteiger partial charge in [-0.15, -0.1) is 0 Å². The Morgan fingerprint density at radius 3 is 2.52 bits per heavy atom. The van der Waals surface area contributed by atoms with Gasteiger partial charge in [0.05, 0.1) is 29.6 Å². The fourth-order valence-electron chi connectivity index (χ4n) is 4.13. The number of hydrogen-bond acceptors (Lipinski definition) is 6. The number of aryl methyl sites for hydroxylation is 1. The smallest absolute Gasteiger partial charge is 0.251 e. The molecule has 0 atom stereocenters. The molecule has 0 spiro atoms. The molecule has 13 heteroatoms. The highest BCUT2D eigenvalue weighted by Crippen LogP contribution is 2.35. The standard InChI is InChI=1S/C31H30Cl3N5O5/c1-19-29(34)39-15-4-5-25(30(39)37-19)44-18-22-23(32)11-12-24(28(22)33)38(2)27(41)17-36-26(40)13-8-20-6-9-21(10-7-20)31(42)35-14-16-43-3/h4-13,15H,14,16-18H2,1-3H3,(H,35,42)(H,36,40).